The summed E-state index contributed by atoms with van der Waals surface area (Å²) in [6.45, 7) is 7.44. The second kappa shape index (κ2) is 13.4. The highest BCUT2D eigenvalue weighted by atomic mass is 19.4. The molecule has 11 nitrogen and oxygen atoms in total. The lowest BCUT2D eigenvalue weighted by molar-refractivity contribution is -0.175. The molecule has 0 bridgehead atoms. The number of likely N-dealkylation sites (tertiary alicyclic amines) is 1. The van der Waals surface area contributed by atoms with Gasteiger partial charge in [0, 0.05) is 24.7 Å². The molecule has 1 aliphatic rings. The molecule has 0 radical (unpaired) electrons. The molecule has 1 aromatic rings. The fourth-order valence-electron chi connectivity index (χ4n) is 4.63. The van der Waals surface area contributed by atoms with Gasteiger partial charge in [-0.1, -0.05) is 39.8 Å². The first-order valence-electron chi connectivity index (χ1n) is 13.5. The maximum Gasteiger partial charge on any atom is 0.452 e. The Bertz CT molecular complexity index is 1220. The van der Waals surface area contributed by atoms with Gasteiger partial charge >= 0.3 is 12.3 Å². The van der Waals surface area contributed by atoms with Gasteiger partial charge < -0.3 is 20.7 Å². The summed E-state index contributed by atoms with van der Waals surface area (Å²) in [6.07, 6.45) is -6.25. The number of amides is 4. The number of nitrogens with one attached hydrogen (secondary N) is 1. The standard InChI is InChI=1S/C28H37F3N4O7/c1-7-42-26(41)34(6)23(38)18-11-9-17(10-12-18)21(36)27(13-8-14-35(27)24(39)19(32)15(2)3)25(40)33-20(16(4)5)22(37)28(29,30)31/h9-12,15-16,19-20H,7-8,13-14,32H2,1-6H3,(H,33,40)/t19-,20?,27+/m0/s1. The van der Waals surface area contributed by atoms with Gasteiger partial charge in [0.05, 0.1) is 18.7 Å². The smallest absolute Gasteiger partial charge is 0.449 e. The number of nitrogens with two attached hydrogens (primary N) is 1. The van der Waals surface area contributed by atoms with Gasteiger partial charge in [-0.05, 0) is 43.7 Å². The molecule has 4 amide bonds. The van der Waals surface area contributed by atoms with E-state index >= 15 is 0 Å². The minimum Gasteiger partial charge on any atom is -0.449 e. The second-order valence-corrected chi connectivity index (χ2v) is 10.8. The van der Waals surface area contributed by atoms with E-state index in [0.717, 1.165) is 9.80 Å². The number of carbonyl (C=O) groups is 6. The Morgan fingerprint density at radius 1 is 1.02 bits per heavy atom. The average Bonchev–Trinajstić information content (AvgIpc) is 3.39. The van der Waals surface area contributed by atoms with Crippen LogP contribution in [0.2, 0.25) is 0 Å². The summed E-state index contributed by atoms with van der Waals surface area (Å²) in [5.74, 6) is -7.26. The number of imide groups is 1. The normalized spacial score (nSPS) is 18.4. The molecule has 1 aromatic carbocycles. The van der Waals surface area contributed by atoms with Gasteiger partial charge in [-0.15, -0.1) is 0 Å². The molecule has 0 spiro atoms. The maximum absolute atomic E-state index is 14.1. The average molecular weight is 599 g/mol. The van der Waals surface area contributed by atoms with E-state index in [1.807, 2.05) is 0 Å². The van der Waals surface area contributed by atoms with Crippen LogP contribution in [0.1, 0.15) is 68.2 Å². The van der Waals surface area contributed by atoms with Crippen LogP contribution in [0.3, 0.4) is 0 Å². The summed E-state index contributed by atoms with van der Waals surface area (Å²) in [7, 11) is 1.20. The highest BCUT2D eigenvalue weighted by Gasteiger charge is 2.57. The van der Waals surface area contributed by atoms with Gasteiger partial charge in [0.2, 0.25) is 5.91 Å². The molecule has 0 aliphatic carbocycles. The van der Waals surface area contributed by atoms with Crippen molar-refractivity contribution in [2.24, 2.45) is 17.6 Å². The van der Waals surface area contributed by atoms with Crippen molar-refractivity contribution in [2.75, 3.05) is 20.2 Å². The van der Waals surface area contributed by atoms with Gasteiger partial charge in [-0.25, -0.2) is 9.69 Å². The largest absolute Gasteiger partial charge is 0.452 e. The SMILES string of the molecule is CCOC(=O)N(C)C(=O)c1ccc(C(=O)[C@@]2(C(=O)NC(C(=O)C(F)(F)F)C(C)C)CCCN2C(=O)[C@@H](N)C(C)C)cc1. The van der Waals surface area contributed by atoms with E-state index in [1.165, 1.54) is 45.2 Å². The van der Waals surface area contributed by atoms with Crippen molar-refractivity contribution in [1.82, 2.24) is 15.1 Å². The van der Waals surface area contributed by atoms with Crippen LogP contribution in [0.4, 0.5) is 18.0 Å². The third-order valence-electron chi connectivity index (χ3n) is 7.16. The Balaban J connectivity index is 2.58. The van der Waals surface area contributed by atoms with Crippen LogP contribution < -0.4 is 11.1 Å². The molecular weight excluding hydrogens is 561 g/mol. The molecule has 2 rings (SSSR count). The van der Waals surface area contributed by atoms with Gasteiger partial charge in [-0.3, -0.25) is 24.0 Å². The van der Waals surface area contributed by atoms with Gasteiger partial charge in [0.25, 0.3) is 17.6 Å². The second-order valence-electron chi connectivity index (χ2n) is 10.8. The summed E-state index contributed by atoms with van der Waals surface area (Å²) in [4.78, 5) is 79.8. The summed E-state index contributed by atoms with van der Waals surface area (Å²) < 4.78 is 44.8. The van der Waals surface area contributed by atoms with E-state index in [0.29, 0.717) is 0 Å². The van der Waals surface area contributed by atoms with Crippen molar-refractivity contribution in [3.8, 4) is 0 Å². The van der Waals surface area contributed by atoms with Crippen LogP contribution in [0.5, 0.6) is 0 Å². The van der Waals surface area contributed by atoms with Crippen molar-refractivity contribution >= 4 is 35.4 Å². The zero-order valence-electron chi connectivity index (χ0n) is 24.4. The molecule has 3 N–H and O–H groups in total. The molecule has 1 fully saturated rings. The molecule has 1 heterocycles. The molecule has 0 saturated carbocycles. The van der Waals surface area contributed by atoms with Crippen LogP contribution in [0, 0.1) is 11.8 Å². The minimum atomic E-state index is -5.26. The van der Waals surface area contributed by atoms with Crippen LogP contribution >= 0.6 is 0 Å². The number of hydrogen-bond acceptors (Lipinski definition) is 8. The zero-order chi connectivity index (χ0) is 32.2. The molecule has 14 heteroatoms. The first kappa shape index (κ1) is 34.4. The molecule has 1 aliphatic heterocycles. The van der Waals surface area contributed by atoms with Gasteiger partial charge in [-0.2, -0.15) is 13.2 Å². The van der Waals surface area contributed by atoms with Crippen LogP contribution in [-0.4, -0.2) is 89.2 Å². The minimum absolute atomic E-state index is 0.00238. The predicted molar refractivity (Wildman–Crippen MR) is 144 cm³/mol. The summed E-state index contributed by atoms with van der Waals surface area (Å²) in [5.41, 5.74) is 3.62. The highest BCUT2D eigenvalue weighted by molar-refractivity contribution is 6.20. The number of alkyl halides is 3. The lowest BCUT2D eigenvalue weighted by Gasteiger charge is -2.39. The highest BCUT2D eigenvalue weighted by Crippen LogP contribution is 2.35. The summed E-state index contributed by atoms with van der Waals surface area (Å²) in [5, 5.41) is 2.10. The molecule has 232 valence electrons. The predicted octanol–water partition coefficient (Wildman–Crippen LogP) is 2.71. The molecule has 1 saturated heterocycles. The number of hydrogen-bond donors (Lipinski definition) is 2. The lowest BCUT2D eigenvalue weighted by Crippen LogP contribution is -2.67. The number of carbonyl (C=O) groups excluding carboxylic acids is 6. The van der Waals surface area contributed by atoms with Gasteiger partial charge in [0.15, 0.2) is 11.3 Å². The number of ketones is 2. The van der Waals surface area contributed by atoms with Crippen LogP contribution in [0.25, 0.3) is 0 Å². The number of benzene rings is 1. The first-order valence-corrected chi connectivity index (χ1v) is 13.5. The topological polar surface area (TPSA) is 156 Å². The maximum atomic E-state index is 14.1. The monoisotopic (exact) mass is 598 g/mol. The third kappa shape index (κ3) is 6.97. The molecule has 1 unspecified atom stereocenters. The number of ether oxygens (including phenoxy) is 1. The number of Topliss-reactive ketones (excluding diaryl/α,β-unsaturated/α-hetero) is 2. The lowest BCUT2D eigenvalue weighted by atomic mass is 9.83. The van der Waals surface area contributed by atoms with Crippen molar-refractivity contribution in [2.45, 2.75) is 71.3 Å². The Hall–Kier alpha value is -3.81. The van der Waals surface area contributed by atoms with E-state index in [4.69, 9.17) is 10.5 Å². The summed E-state index contributed by atoms with van der Waals surface area (Å²) in [6, 6.07) is 1.71. The number of nitrogens with zero attached hydrogens (tertiary/aromatic N) is 2. The van der Waals surface area contributed by atoms with E-state index in [9.17, 15) is 41.9 Å². The fraction of sp³-hybridized carbons (Fsp3) is 0.571. The van der Waals surface area contributed by atoms with Crippen molar-refractivity contribution < 1.29 is 46.7 Å². The Morgan fingerprint density at radius 2 is 1.57 bits per heavy atom. The van der Waals surface area contributed by atoms with Crippen molar-refractivity contribution in [3.05, 3.63) is 35.4 Å². The Kier molecular flexibility index (Phi) is 11.0. The van der Waals surface area contributed by atoms with Crippen molar-refractivity contribution in [3.63, 3.8) is 0 Å². The molecular formula is C28H37F3N4O7. The van der Waals surface area contributed by atoms with E-state index < -0.39 is 71.0 Å². The van der Waals surface area contributed by atoms with Gasteiger partial charge in [0.1, 0.15) is 0 Å². The first-order chi connectivity index (χ1) is 19.4. The van der Waals surface area contributed by atoms with Crippen LogP contribution in [-0.2, 0) is 19.1 Å². The van der Waals surface area contributed by atoms with E-state index in [-0.39, 0.29) is 37.1 Å². The van der Waals surface area contributed by atoms with Crippen molar-refractivity contribution in [1.29, 1.82) is 0 Å². The Labute approximate surface area is 241 Å². The molecule has 0 aromatic heterocycles. The quantitative estimate of drug-likeness (QED) is 0.308. The summed E-state index contributed by atoms with van der Waals surface area (Å²) >= 11 is 0. The molecule has 3 atom stereocenters. The Morgan fingerprint density at radius 3 is 2.05 bits per heavy atom. The zero-order valence-corrected chi connectivity index (χ0v) is 24.4. The number of rotatable bonds is 10. The van der Waals surface area contributed by atoms with Crippen LogP contribution in [0.15, 0.2) is 24.3 Å². The number of halogens is 3. The van der Waals surface area contributed by atoms with E-state index in [1.54, 1.807) is 20.8 Å². The van der Waals surface area contributed by atoms with E-state index in [2.05, 4.69) is 5.32 Å². The fourth-order valence-corrected chi connectivity index (χ4v) is 4.63. The third-order valence-corrected chi connectivity index (χ3v) is 7.16. The molecule has 42 heavy (non-hydrogen) atoms.